The summed E-state index contributed by atoms with van der Waals surface area (Å²) in [6.45, 7) is 3.72. The van der Waals surface area contributed by atoms with Crippen LogP contribution in [0.4, 0.5) is 5.69 Å². The second-order valence-corrected chi connectivity index (χ2v) is 16.4. The number of hydrogen-bond donors (Lipinski definition) is 0. The molecule has 0 unspecified atom stereocenters. The Balaban J connectivity index is 1.41. The molecule has 0 saturated carbocycles. The molecule has 0 saturated heterocycles. The van der Waals surface area contributed by atoms with Crippen molar-refractivity contribution in [3.63, 3.8) is 0 Å². The van der Waals surface area contributed by atoms with Gasteiger partial charge in [0.15, 0.2) is 15.5 Å². The third-order valence-electron chi connectivity index (χ3n) is 9.67. The van der Waals surface area contributed by atoms with Gasteiger partial charge in [-0.3, -0.25) is 4.79 Å². The number of rotatable bonds is 8. The maximum atomic E-state index is 14.2. The number of carbonyl (C=O) groups is 1. The lowest BCUT2D eigenvalue weighted by molar-refractivity contribution is 0.0996. The Morgan fingerprint density at radius 3 is 1.88 bits per heavy atom. The smallest absolute Gasteiger partial charge is 0.259 e. The van der Waals surface area contributed by atoms with E-state index >= 15 is 0 Å². The van der Waals surface area contributed by atoms with Crippen LogP contribution < -0.4 is 4.90 Å². The van der Waals surface area contributed by atoms with Gasteiger partial charge in [-0.1, -0.05) is 119 Å². The van der Waals surface area contributed by atoms with Crippen LogP contribution in [0.3, 0.4) is 0 Å². The number of amides is 1. The average Bonchev–Trinajstić information content (AvgIpc) is 3.69. The zero-order valence-electron chi connectivity index (χ0n) is 27.9. The van der Waals surface area contributed by atoms with Crippen molar-refractivity contribution < 1.29 is 13.2 Å². The van der Waals surface area contributed by atoms with E-state index in [1.54, 1.807) is 49.2 Å². The van der Waals surface area contributed by atoms with Gasteiger partial charge in [-0.15, -0.1) is 0 Å². The molecule has 0 aliphatic carbocycles. The summed E-state index contributed by atoms with van der Waals surface area (Å²) in [6, 6.07) is 43.4. The van der Waals surface area contributed by atoms with Crippen LogP contribution in [0.15, 0.2) is 155 Å². The lowest BCUT2D eigenvalue weighted by atomic mass is 9.76. The number of carbonyl (C=O) groups excluding carboxylic acids is 1. The van der Waals surface area contributed by atoms with Crippen LogP contribution in [0.1, 0.15) is 46.5 Å². The molecule has 7 nitrogen and oxygen atoms in total. The van der Waals surface area contributed by atoms with Crippen molar-refractivity contribution in [3.8, 4) is 11.3 Å². The van der Waals surface area contributed by atoms with Crippen molar-refractivity contribution >= 4 is 48.5 Å². The first kappa shape index (κ1) is 32.8. The van der Waals surface area contributed by atoms with Crippen molar-refractivity contribution in [1.82, 2.24) is 14.5 Å². The minimum Gasteiger partial charge on any atom is -0.310 e. The lowest BCUT2D eigenvalue weighted by Crippen LogP contribution is -2.37. The van der Waals surface area contributed by atoms with Gasteiger partial charge < -0.3 is 9.47 Å². The minimum absolute atomic E-state index is 0.114. The average molecular weight is 754 g/mol. The molecule has 7 aromatic rings. The fourth-order valence-electron chi connectivity index (χ4n) is 7.09. The predicted molar refractivity (Wildman–Crippen MR) is 205 cm³/mol. The Labute approximate surface area is 305 Å². The van der Waals surface area contributed by atoms with Crippen molar-refractivity contribution in [2.75, 3.05) is 4.90 Å². The summed E-state index contributed by atoms with van der Waals surface area (Å²) in [7, 11) is -3.44. The molecular formula is C42H33BrN4O3S. The summed E-state index contributed by atoms with van der Waals surface area (Å²) in [5.74, 6) is -0.114. The highest BCUT2D eigenvalue weighted by Crippen LogP contribution is 2.46. The number of aromatic nitrogens is 3. The van der Waals surface area contributed by atoms with Crippen LogP contribution in [0.25, 0.3) is 22.4 Å². The summed E-state index contributed by atoms with van der Waals surface area (Å²) in [4.78, 5) is 26.5. The Morgan fingerprint density at radius 1 is 0.765 bits per heavy atom. The predicted octanol–water partition coefficient (Wildman–Crippen LogP) is 9.04. The number of anilines is 1. The summed E-state index contributed by atoms with van der Waals surface area (Å²) >= 11 is 3.58. The third-order valence-corrected chi connectivity index (χ3v) is 12.3. The van der Waals surface area contributed by atoms with Gasteiger partial charge in [-0.2, -0.15) is 0 Å². The molecule has 3 heterocycles. The van der Waals surface area contributed by atoms with Gasteiger partial charge in [-0.05, 0) is 66.4 Å². The highest BCUT2D eigenvalue weighted by Gasteiger charge is 2.42. The highest BCUT2D eigenvalue weighted by molar-refractivity contribution is 9.10. The summed E-state index contributed by atoms with van der Waals surface area (Å²) < 4.78 is 28.8. The minimum atomic E-state index is -3.44. The molecule has 1 aliphatic heterocycles. The maximum absolute atomic E-state index is 14.2. The van der Waals surface area contributed by atoms with Gasteiger partial charge in [0.05, 0.1) is 34.3 Å². The zero-order valence-corrected chi connectivity index (χ0v) is 30.3. The summed E-state index contributed by atoms with van der Waals surface area (Å²) in [5, 5.41) is -0.538. The number of halogens is 1. The van der Waals surface area contributed by atoms with E-state index in [1.165, 1.54) is 0 Å². The van der Waals surface area contributed by atoms with Gasteiger partial charge in [0.1, 0.15) is 11.1 Å². The Morgan fingerprint density at radius 2 is 1.33 bits per heavy atom. The molecule has 0 spiro atoms. The van der Waals surface area contributed by atoms with Crippen LogP contribution in [-0.4, -0.2) is 34.1 Å². The first-order chi connectivity index (χ1) is 24.7. The van der Waals surface area contributed by atoms with E-state index < -0.39 is 20.6 Å². The van der Waals surface area contributed by atoms with Crippen LogP contribution in [0.5, 0.6) is 0 Å². The monoisotopic (exact) mass is 752 g/mol. The first-order valence-corrected chi connectivity index (χ1v) is 19.0. The molecule has 0 atom stereocenters. The van der Waals surface area contributed by atoms with Crippen molar-refractivity contribution in [2.24, 2.45) is 0 Å². The molecule has 8 rings (SSSR count). The second kappa shape index (κ2) is 12.7. The fraction of sp³-hybridized carbons (Fsp3) is 0.119. The summed E-state index contributed by atoms with van der Waals surface area (Å²) in [5.41, 5.74) is 6.75. The van der Waals surface area contributed by atoms with Crippen LogP contribution >= 0.6 is 15.9 Å². The van der Waals surface area contributed by atoms with Crippen LogP contribution in [0, 0.1) is 0 Å². The quantitative estimate of drug-likeness (QED) is 0.145. The number of sulfone groups is 1. The van der Waals surface area contributed by atoms with Gasteiger partial charge in [-0.25, -0.2) is 18.4 Å². The molecule has 1 aliphatic rings. The Kier molecular flexibility index (Phi) is 8.20. The van der Waals surface area contributed by atoms with Gasteiger partial charge in [0.25, 0.3) is 5.91 Å². The molecule has 0 bridgehead atoms. The van der Waals surface area contributed by atoms with E-state index in [4.69, 9.17) is 9.97 Å². The maximum Gasteiger partial charge on any atom is 0.259 e. The van der Waals surface area contributed by atoms with Crippen molar-refractivity contribution in [3.05, 3.63) is 178 Å². The highest BCUT2D eigenvalue weighted by atomic mass is 79.9. The molecule has 2 aromatic heterocycles. The summed E-state index contributed by atoms with van der Waals surface area (Å²) in [6.07, 6.45) is 3.73. The molecule has 0 fully saturated rings. The molecule has 5 aromatic carbocycles. The third kappa shape index (κ3) is 5.39. The number of nitrogens with zero attached hydrogens (tertiary/aromatic N) is 4. The molecule has 0 radical (unpaired) electrons. The topological polar surface area (TPSA) is 85.2 Å². The number of benzene rings is 5. The molecule has 9 heteroatoms. The van der Waals surface area contributed by atoms with Crippen molar-refractivity contribution in [2.45, 2.75) is 36.1 Å². The van der Waals surface area contributed by atoms with E-state index in [0.29, 0.717) is 40.2 Å². The van der Waals surface area contributed by atoms with Crippen molar-refractivity contribution in [1.29, 1.82) is 0 Å². The standard InChI is InChI=1S/C42H33BrN4O3S/c1-28(2)51(49,50)35-21-18-29(19-22-35)37-25-44-40-39(45-37)38(46-26-30-24-34(43)20-23-36(30)41(46)48)27-47(40)42(31-12-6-3-7-13-31,32-14-8-4-9-15-32)33-16-10-5-11-17-33/h3-25,27-28H,26H2,1-2H3. The molecule has 0 N–H and O–H groups in total. The Bertz CT molecular complexity index is 2420. The van der Waals surface area contributed by atoms with Gasteiger partial charge >= 0.3 is 0 Å². The van der Waals surface area contributed by atoms with Crippen LogP contribution in [-0.2, 0) is 21.9 Å². The molecule has 1 amide bonds. The molecule has 252 valence electrons. The fourth-order valence-corrected chi connectivity index (χ4v) is 8.56. The molecular weight excluding hydrogens is 720 g/mol. The Hall–Kier alpha value is -5.38. The van der Waals surface area contributed by atoms with Gasteiger partial charge in [0, 0.05) is 21.8 Å². The number of fused-ring (bicyclic) bond motifs is 2. The molecule has 51 heavy (non-hydrogen) atoms. The van der Waals surface area contributed by atoms with Gasteiger partial charge in [0.2, 0.25) is 0 Å². The van der Waals surface area contributed by atoms with E-state index in [0.717, 1.165) is 26.7 Å². The van der Waals surface area contributed by atoms with E-state index in [2.05, 4.69) is 56.9 Å². The normalized spacial score (nSPS) is 13.3. The van der Waals surface area contributed by atoms with E-state index in [-0.39, 0.29) is 10.8 Å². The van der Waals surface area contributed by atoms with E-state index in [9.17, 15) is 13.2 Å². The van der Waals surface area contributed by atoms with Crippen LogP contribution in [0.2, 0.25) is 0 Å². The SMILES string of the molecule is CC(C)S(=O)(=O)c1ccc(-c2cnc3c(n2)c(N2Cc4cc(Br)ccc4C2=O)cn3C(c2ccccc2)(c2ccccc2)c2ccccc2)cc1. The van der Waals surface area contributed by atoms with E-state index in [1.807, 2.05) is 79.0 Å². The largest absolute Gasteiger partial charge is 0.310 e. The number of hydrogen-bond acceptors (Lipinski definition) is 5. The lowest BCUT2D eigenvalue weighted by Gasteiger charge is -2.38. The second-order valence-electron chi connectivity index (χ2n) is 12.9. The zero-order chi connectivity index (χ0) is 35.3. The first-order valence-electron chi connectivity index (χ1n) is 16.7.